The van der Waals surface area contributed by atoms with E-state index in [2.05, 4.69) is 10.3 Å². The van der Waals surface area contributed by atoms with Crippen molar-refractivity contribution in [2.24, 2.45) is 0 Å². The molecule has 1 aromatic heterocycles. The smallest absolute Gasteiger partial charge is 0.322 e. The summed E-state index contributed by atoms with van der Waals surface area (Å²) in [7, 11) is 0. The van der Waals surface area contributed by atoms with Gasteiger partial charge in [-0.1, -0.05) is 19.1 Å². The molecule has 0 aliphatic carbocycles. The highest BCUT2D eigenvalue weighted by atomic mass is 19.1. The maximum absolute atomic E-state index is 13.6. The van der Waals surface area contributed by atoms with Gasteiger partial charge < -0.3 is 5.32 Å². The van der Waals surface area contributed by atoms with Crippen LogP contribution in [0.4, 0.5) is 10.1 Å². The number of hydrogen-bond acceptors (Lipinski definition) is 3. The van der Waals surface area contributed by atoms with Crippen molar-refractivity contribution < 1.29 is 9.18 Å². The Hall–Kier alpha value is -2.50. The number of benzene rings is 1. The minimum absolute atomic E-state index is 0.0942. The summed E-state index contributed by atoms with van der Waals surface area (Å²) in [6, 6.07) is 6.91. The average molecular weight is 303 g/mol. The van der Waals surface area contributed by atoms with Crippen molar-refractivity contribution in [1.82, 2.24) is 9.55 Å². The van der Waals surface area contributed by atoms with Crippen LogP contribution in [0.25, 0.3) is 0 Å². The third-order valence-corrected chi connectivity index (χ3v) is 3.41. The van der Waals surface area contributed by atoms with Crippen molar-refractivity contribution in [2.45, 2.75) is 33.2 Å². The molecule has 0 aliphatic rings. The normalized spacial score (nSPS) is 12.0. The quantitative estimate of drug-likeness (QED) is 0.944. The van der Waals surface area contributed by atoms with Crippen molar-refractivity contribution >= 4 is 11.6 Å². The fraction of sp³-hybridized carbons (Fsp3) is 0.312. The standard InChI is InChI=1S/C16H18FN3O2/c1-4-14(20-11(3)9-10(2)18-16(20)22)15(21)19-13-8-6-5-7-12(13)17/h5-9,14H,4H2,1-3H3,(H,19,21). The zero-order chi connectivity index (χ0) is 16.3. The van der Waals surface area contributed by atoms with E-state index in [0.717, 1.165) is 0 Å². The van der Waals surface area contributed by atoms with Crippen LogP contribution in [0, 0.1) is 19.7 Å². The fourth-order valence-corrected chi connectivity index (χ4v) is 2.40. The lowest BCUT2D eigenvalue weighted by Gasteiger charge is -2.20. The van der Waals surface area contributed by atoms with Gasteiger partial charge in [0, 0.05) is 11.4 Å². The van der Waals surface area contributed by atoms with Crippen molar-refractivity contribution in [2.75, 3.05) is 5.32 Å². The summed E-state index contributed by atoms with van der Waals surface area (Å²) in [5.41, 5.74) is 0.862. The largest absolute Gasteiger partial charge is 0.348 e. The Kier molecular flexibility index (Phi) is 4.70. The second-order valence-electron chi connectivity index (χ2n) is 5.08. The van der Waals surface area contributed by atoms with Gasteiger partial charge in [-0.3, -0.25) is 9.36 Å². The molecule has 5 nitrogen and oxygen atoms in total. The lowest BCUT2D eigenvalue weighted by Crippen LogP contribution is -2.36. The average Bonchev–Trinajstić information content (AvgIpc) is 2.45. The number of nitrogens with one attached hydrogen (secondary N) is 1. The number of aromatic nitrogens is 2. The summed E-state index contributed by atoms with van der Waals surface area (Å²) in [5.74, 6) is -0.958. The summed E-state index contributed by atoms with van der Waals surface area (Å²) < 4.78 is 15.0. The Morgan fingerprint density at radius 2 is 2.05 bits per heavy atom. The van der Waals surface area contributed by atoms with Gasteiger partial charge in [-0.05, 0) is 38.5 Å². The molecule has 1 aromatic carbocycles. The van der Waals surface area contributed by atoms with Crippen LogP contribution in [-0.4, -0.2) is 15.5 Å². The number of carbonyl (C=O) groups is 1. The third kappa shape index (κ3) is 3.21. The van der Waals surface area contributed by atoms with Crippen LogP contribution in [-0.2, 0) is 4.79 Å². The van der Waals surface area contributed by atoms with Crippen molar-refractivity contribution in [3.8, 4) is 0 Å². The molecule has 116 valence electrons. The Morgan fingerprint density at radius 1 is 1.36 bits per heavy atom. The summed E-state index contributed by atoms with van der Waals surface area (Å²) in [5, 5.41) is 2.53. The molecular weight excluding hydrogens is 285 g/mol. The zero-order valence-corrected chi connectivity index (χ0v) is 12.8. The number of carbonyl (C=O) groups excluding carboxylic acids is 1. The molecule has 0 spiro atoms. The lowest BCUT2D eigenvalue weighted by molar-refractivity contribution is -0.119. The van der Waals surface area contributed by atoms with Gasteiger partial charge in [-0.2, -0.15) is 4.98 Å². The second-order valence-corrected chi connectivity index (χ2v) is 5.08. The summed E-state index contributed by atoms with van der Waals surface area (Å²) in [4.78, 5) is 28.4. The highest BCUT2D eigenvalue weighted by Crippen LogP contribution is 2.18. The van der Waals surface area contributed by atoms with E-state index in [-0.39, 0.29) is 5.69 Å². The minimum Gasteiger partial charge on any atom is -0.322 e. The van der Waals surface area contributed by atoms with Gasteiger partial charge >= 0.3 is 5.69 Å². The van der Waals surface area contributed by atoms with Gasteiger partial charge in [0.1, 0.15) is 11.9 Å². The van der Waals surface area contributed by atoms with Crippen molar-refractivity contribution in [3.05, 3.63) is 58.0 Å². The molecule has 0 fully saturated rings. The molecule has 1 unspecified atom stereocenters. The Labute approximate surface area is 127 Å². The van der Waals surface area contributed by atoms with Crippen LogP contribution in [0.3, 0.4) is 0 Å². The van der Waals surface area contributed by atoms with E-state index in [1.807, 2.05) is 0 Å². The van der Waals surface area contributed by atoms with Crippen molar-refractivity contribution in [1.29, 1.82) is 0 Å². The highest BCUT2D eigenvalue weighted by molar-refractivity contribution is 5.93. The van der Waals surface area contributed by atoms with E-state index < -0.39 is 23.5 Å². The van der Waals surface area contributed by atoms with E-state index >= 15 is 0 Å². The zero-order valence-electron chi connectivity index (χ0n) is 12.8. The molecule has 0 saturated carbocycles. The number of para-hydroxylation sites is 1. The molecule has 2 aromatic rings. The van der Waals surface area contributed by atoms with Gasteiger partial charge in [0.25, 0.3) is 0 Å². The number of halogens is 1. The topological polar surface area (TPSA) is 64.0 Å². The molecule has 1 amide bonds. The van der Waals surface area contributed by atoms with Gasteiger partial charge in [0.05, 0.1) is 5.69 Å². The summed E-state index contributed by atoms with van der Waals surface area (Å²) >= 11 is 0. The molecule has 6 heteroatoms. The monoisotopic (exact) mass is 303 g/mol. The summed E-state index contributed by atoms with van der Waals surface area (Å²) in [6.07, 6.45) is 0.395. The molecule has 1 heterocycles. The molecule has 0 bridgehead atoms. The second kappa shape index (κ2) is 6.51. The maximum Gasteiger partial charge on any atom is 0.348 e. The van der Waals surface area contributed by atoms with Crippen LogP contribution < -0.4 is 11.0 Å². The number of amides is 1. The first-order chi connectivity index (χ1) is 10.4. The van der Waals surface area contributed by atoms with E-state index in [1.165, 1.54) is 16.7 Å². The number of anilines is 1. The number of hydrogen-bond donors (Lipinski definition) is 1. The number of aryl methyl sites for hydroxylation is 2. The SMILES string of the molecule is CCC(C(=O)Nc1ccccc1F)n1c(C)cc(C)nc1=O. The Balaban J connectivity index is 2.35. The van der Waals surface area contributed by atoms with Crippen molar-refractivity contribution in [3.63, 3.8) is 0 Å². The van der Waals surface area contributed by atoms with Crippen LogP contribution in [0.2, 0.25) is 0 Å². The van der Waals surface area contributed by atoms with Crippen LogP contribution in [0.15, 0.2) is 35.1 Å². The van der Waals surface area contributed by atoms with E-state index in [1.54, 1.807) is 39.0 Å². The first kappa shape index (κ1) is 15.9. The molecular formula is C16H18FN3O2. The molecule has 0 aliphatic heterocycles. The molecule has 22 heavy (non-hydrogen) atoms. The van der Waals surface area contributed by atoms with Gasteiger partial charge in [0.15, 0.2) is 0 Å². The molecule has 1 N–H and O–H groups in total. The predicted octanol–water partition coefficient (Wildman–Crippen LogP) is 2.59. The molecule has 0 radical (unpaired) electrons. The van der Waals surface area contributed by atoms with E-state index in [0.29, 0.717) is 17.8 Å². The predicted molar refractivity (Wildman–Crippen MR) is 82.3 cm³/mol. The van der Waals surface area contributed by atoms with E-state index in [9.17, 15) is 14.0 Å². The molecule has 2 rings (SSSR count). The maximum atomic E-state index is 13.6. The van der Waals surface area contributed by atoms with Gasteiger partial charge in [-0.25, -0.2) is 9.18 Å². The summed E-state index contributed by atoms with van der Waals surface area (Å²) in [6.45, 7) is 5.26. The van der Waals surface area contributed by atoms with Crippen LogP contribution in [0.5, 0.6) is 0 Å². The Morgan fingerprint density at radius 3 is 2.64 bits per heavy atom. The molecule has 1 atom stereocenters. The van der Waals surface area contributed by atoms with Crippen LogP contribution in [0.1, 0.15) is 30.8 Å². The lowest BCUT2D eigenvalue weighted by atomic mass is 10.1. The van der Waals surface area contributed by atoms with Gasteiger partial charge in [-0.15, -0.1) is 0 Å². The molecule has 0 saturated heterocycles. The first-order valence-corrected chi connectivity index (χ1v) is 7.06. The van der Waals surface area contributed by atoms with Gasteiger partial charge in [0.2, 0.25) is 5.91 Å². The minimum atomic E-state index is -0.736. The number of nitrogens with zero attached hydrogens (tertiary/aromatic N) is 2. The van der Waals surface area contributed by atoms with E-state index in [4.69, 9.17) is 0 Å². The first-order valence-electron chi connectivity index (χ1n) is 7.06. The number of rotatable bonds is 4. The third-order valence-electron chi connectivity index (χ3n) is 3.41. The highest BCUT2D eigenvalue weighted by Gasteiger charge is 2.22. The van der Waals surface area contributed by atoms with Crippen LogP contribution >= 0.6 is 0 Å². The fourth-order valence-electron chi connectivity index (χ4n) is 2.40. The Bertz CT molecular complexity index is 755.